The summed E-state index contributed by atoms with van der Waals surface area (Å²) < 4.78 is 0. The molecule has 0 saturated carbocycles. The fourth-order valence-corrected chi connectivity index (χ4v) is 1.69. The van der Waals surface area contributed by atoms with Crippen LogP contribution in [0.2, 0.25) is 0 Å². The highest BCUT2D eigenvalue weighted by Crippen LogP contribution is 2.03. The van der Waals surface area contributed by atoms with Crippen LogP contribution in [0.5, 0.6) is 0 Å². The van der Waals surface area contributed by atoms with Crippen molar-refractivity contribution in [3.05, 3.63) is 0 Å². The minimum absolute atomic E-state index is 0.00509. The fraction of sp³-hybridized carbons (Fsp3) is 0.833. The highest BCUT2D eigenvalue weighted by atomic mass is 16.3. The Kier molecular flexibility index (Phi) is 6.78. The molecular weight excluding hydrogens is 218 g/mol. The van der Waals surface area contributed by atoms with Crippen molar-refractivity contribution >= 4 is 5.91 Å². The van der Waals surface area contributed by atoms with E-state index in [1.165, 1.54) is 0 Å². The molecule has 0 saturated heterocycles. The van der Waals surface area contributed by atoms with Crippen molar-refractivity contribution < 1.29 is 9.90 Å². The van der Waals surface area contributed by atoms with Gasteiger partial charge in [0.15, 0.2) is 0 Å². The molecule has 1 N–H and O–H groups in total. The Morgan fingerprint density at radius 1 is 1.47 bits per heavy atom. The molecule has 0 spiro atoms. The van der Waals surface area contributed by atoms with Gasteiger partial charge in [-0.15, -0.1) is 0 Å². The molecule has 0 aromatic heterocycles. The van der Waals surface area contributed by atoms with Crippen LogP contribution in [-0.4, -0.2) is 59.6 Å². The van der Waals surface area contributed by atoms with Crippen LogP contribution >= 0.6 is 0 Å². The van der Waals surface area contributed by atoms with Crippen molar-refractivity contribution in [2.24, 2.45) is 0 Å². The van der Waals surface area contributed by atoms with E-state index in [9.17, 15) is 9.90 Å². The lowest BCUT2D eigenvalue weighted by molar-refractivity contribution is -0.132. The Balaban J connectivity index is 4.18. The van der Waals surface area contributed by atoms with Crippen LogP contribution in [0.3, 0.4) is 0 Å². The van der Waals surface area contributed by atoms with Gasteiger partial charge in [-0.2, -0.15) is 5.26 Å². The standard InChI is InChI=1S/C12H23N3O2/c1-5-15(8-6-7-13)11(16)9-14(4)10-12(2,3)17/h17H,5-6,8-10H2,1-4H3. The molecule has 0 aromatic carbocycles. The number of rotatable bonds is 7. The summed E-state index contributed by atoms with van der Waals surface area (Å²) in [6.45, 7) is 7.10. The lowest BCUT2D eigenvalue weighted by Gasteiger charge is -2.27. The quantitative estimate of drug-likeness (QED) is 0.703. The Hall–Kier alpha value is -1.12. The first-order valence-corrected chi connectivity index (χ1v) is 5.85. The molecule has 17 heavy (non-hydrogen) atoms. The van der Waals surface area contributed by atoms with Gasteiger partial charge in [0.05, 0.1) is 24.6 Å². The van der Waals surface area contributed by atoms with Gasteiger partial charge in [-0.1, -0.05) is 0 Å². The summed E-state index contributed by atoms with van der Waals surface area (Å²) in [6, 6.07) is 2.03. The lowest BCUT2D eigenvalue weighted by atomic mass is 10.1. The molecule has 0 bridgehead atoms. The van der Waals surface area contributed by atoms with Crippen molar-refractivity contribution in [2.45, 2.75) is 32.8 Å². The van der Waals surface area contributed by atoms with Crippen LogP contribution in [0.15, 0.2) is 0 Å². The van der Waals surface area contributed by atoms with Gasteiger partial charge in [0.1, 0.15) is 0 Å². The van der Waals surface area contributed by atoms with Gasteiger partial charge in [-0.3, -0.25) is 9.69 Å². The number of amides is 1. The molecule has 0 aliphatic heterocycles. The largest absolute Gasteiger partial charge is 0.389 e. The molecular formula is C12H23N3O2. The molecule has 98 valence electrons. The third-order valence-corrected chi connectivity index (χ3v) is 2.29. The maximum absolute atomic E-state index is 11.9. The van der Waals surface area contributed by atoms with E-state index >= 15 is 0 Å². The van der Waals surface area contributed by atoms with E-state index < -0.39 is 5.60 Å². The number of aliphatic hydroxyl groups is 1. The number of hydrogen-bond donors (Lipinski definition) is 1. The minimum Gasteiger partial charge on any atom is -0.389 e. The highest BCUT2D eigenvalue weighted by Gasteiger charge is 2.19. The number of nitrogens with zero attached hydrogens (tertiary/aromatic N) is 3. The van der Waals surface area contributed by atoms with Gasteiger partial charge >= 0.3 is 0 Å². The van der Waals surface area contributed by atoms with Crippen LogP contribution in [0.4, 0.5) is 0 Å². The molecule has 0 heterocycles. The molecule has 1 amide bonds. The zero-order chi connectivity index (χ0) is 13.5. The van der Waals surface area contributed by atoms with E-state index in [0.717, 1.165) is 0 Å². The van der Waals surface area contributed by atoms with Crippen LogP contribution < -0.4 is 0 Å². The molecule has 0 radical (unpaired) electrons. The van der Waals surface area contributed by atoms with Gasteiger partial charge < -0.3 is 10.0 Å². The third-order valence-electron chi connectivity index (χ3n) is 2.29. The SMILES string of the molecule is CCN(CCC#N)C(=O)CN(C)CC(C)(C)O. The number of carbonyl (C=O) groups excluding carboxylic acids is 1. The number of carbonyl (C=O) groups is 1. The highest BCUT2D eigenvalue weighted by molar-refractivity contribution is 5.78. The second-order valence-electron chi connectivity index (χ2n) is 4.87. The smallest absolute Gasteiger partial charge is 0.236 e. The van der Waals surface area contributed by atoms with Crippen molar-refractivity contribution in [3.63, 3.8) is 0 Å². The molecule has 0 unspecified atom stereocenters. The Labute approximate surface area is 104 Å². The van der Waals surface area contributed by atoms with Gasteiger partial charge in [0, 0.05) is 19.6 Å². The molecule has 0 aliphatic rings. The van der Waals surface area contributed by atoms with Crippen LogP contribution in [0.25, 0.3) is 0 Å². The second kappa shape index (κ2) is 7.25. The summed E-state index contributed by atoms with van der Waals surface area (Å²) in [7, 11) is 1.80. The normalized spacial score (nSPS) is 11.4. The Morgan fingerprint density at radius 3 is 2.47 bits per heavy atom. The third kappa shape index (κ3) is 7.72. The number of likely N-dealkylation sites (N-methyl/N-ethyl adjacent to an activating group) is 2. The second-order valence-corrected chi connectivity index (χ2v) is 4.87. The lowest BCUT2D eigenvalue weighted by Crippen LogP contribution is -2.43. The zero-order valence-electron chi connectivity index (χ0n) is 11.2. The fourth-order valence-electron chi connectivity index (χ4n) is 1.69. The van der Waals surface area contributed by atoms with Gasteiger partial charge in [0.2, 0.25) is 5.91 Å². The maximum atomic E-state index is 11.9. The molecule has 0 aliphatic carbocycles. The van der Waals surface area contributed by atoms with Crippen LogP contribution in [0.1, 0.15) is 27.2 Å². The predicted molar refractivity (Wildman–Crippen MR) is 66.3 cm³/mol. The molecule has 0 rings (SSSR count). The summed E-state index contributed by atoms with van der Waals surface area (Å²) >= 11 is 0. The molecule has 5 heteroatoms. The summed E-state index contributed by atoms with van der Waals surface area (Å²) in [5.74, 6) is -0.00509. The summed E-state index contributed by atoms with van der Waals surface area (Å²) in [5, 5.41) is 18.1. The Bertz CT molecular complexity index is 278. The van der Waals surface area contributed by atoms with Crippen LogP contribution in [-0.2, 0) is 4.79 Å². The molecule has 0 aromatic rings. The van der Waals surface area contributed by atoms with Crippen molar-refractivity contribution in [3.8, 4) is 6.07 Å². The summed E-state index contributed by atoms with van der Waals surface area (Å²) in [6.07, 6.45) is 0.356. The monoisotopic (exact) mass is 241 g/mol. The first-order valence-electron chi connectivity index (χ1n) is 5.85. The van der Waals surface area contributed by atoms with Crippen molar-refractivity contribution in [2.75, 3.05) is 33.2 Å². The van der Waals surface area contributed by atoms with Gasteiger partial charge in [0.25, 0.3) is 0 Å². The van der Waals surface area contributed by atoms with Gasteiger partial charge in [-0.05, 0) is 27.8 Å². The molecule has 5 nitrogen and oxygen atoms in total. The first-order chi connectivity index (χ1) is 7.80. The summed E-state index contributed by atoms with van der Waals surface area (Å²) in [5.41, 5.74) is -0.807. The van der Waals surface area contributed by atoms with Gasteiger partial charge in [-0.25, -0.2) is 0 Å². The van der Waals surface area contributed by atoms with E-state index in [1.807, 2.05) is 13.0 Å². The van der Waals surface area contributed by atoms with Crippen molar-refractivity contribution in [1.82, 2.24) is 9.80 Å². The zero-order valence-corrected chi connectivity index (χ0v) is 11.2. The van der Waals surface area contributed by atoms with E-state index in [2.05, 4.69) is 0 Å². The number of nitriles is 1. The average molecular weight is 241 g/mol. The number of hydrogen-bond acceptors (Lipinski definition) is 4. The van der Waals surface area contributed by atoms with E-state index in [0.29, 0.717) is 26.1 Å². The summed E-state index contributed by atoms with van der Waals surface area (Å²) in [4.78, 5) is 15.3. The van der Waals surface area contributed by atoms with E-state index in [-0.39, 0.29) is 12.5 Å². The first kappa shape index (κ1) is 15.9. The van der Waals surface area contributed by atoms with Crippen LogP contribution in [0, 0.1) is 11.3 Å². The van der Waals surface area contributed by atoms with Crippen molar-refractivity contribution in [1.29, 1.82) is 5.26 Å². The molecule has 0 atom stereocenters. The van der Waals surface area contributed by atoms with E-state index in [1.54, 1.807) is 30.7 Å². The predicted octanol–water partition coefficient (Wildman–Crippen LogP) is 0.451. The minimum atomic E-state index is -0.807. The molecule has 0 fully saturated rings. The topological polar surface area (TPSA) is 67.6 Å². The average Bonchev–Trinajstić information content (AvgIpc) is 2.15. The van der Waals surface area contributed by atoms with E-state index in [4.69, 9.17) is 5.26 Å². The Morgan fingerprint density at radius 2 is 2.06 bits per heavy atom. The maximum Gasteiger partial charge on any atom is 0.236 e.